The Morgan fingerprint density at radius 1 is 1.00 bits per heavy atom. The molecular formula is C22H23N5O2. The first-order valence-corrected chi connectivity index (χ1v) is 9.72. The highest BCUT2D eigenvalue weighted by molar-refractivity contribution is 5.95. The molecule has 4 rings (SSSR count). The monoisotopic (exact) mass is 389 g/mol. The number of benzene rings is 1. The van der Waals surface area contributed by atoms with E-state index in [1.807, 2.05) is 48.2 Å². The number of carbonyl (C=O) groups excluding carboxylic acids is 2. The van der Waals surface area contributed by atoms with Crippen molar-refractivity contribution in [1.29, 1.82) is 0 Å². The number of hydrogen-bond donors (Lipinski definition) is 1. The van der Waals surface area contributed by atoms with Gasteiger partial charge < -0.3 is 10.2 Å². The largest absolute Gasteiger partial charge is 0.349 e. The van der Waals surface area contributed by atoms with E-state index in [1.54, 1.807) is 29.5 Å². The second kappa shape index (κ2) is 8.26. The lowest BCUT2D eigenvalue weighted by Gasteiger charge is -2.32. The van der Waals surface area contributed by atoms with Gasteiger partial charge in [0.2, 0.25) is 0 Å². The lowest BCUT2D eigenvalue weighted by Crippen LogP contribution is -2.46. The first-order chi connectivity index (χ1) is 14.1. The summed E-state index contributed by atoms with van der Waals surface area (Å²) in [6, 6.07) is 11.3. The molecule has 0 radical (unpaired) electrons. The maximum Gasteiger partial charge on any atom is 0.257 e. The molecule has 0 aliphatic carbocycles. The zero-order valence-corrected chi connectivity index (χ0v) is 16.3. The molecule has 3 heterocycles. The number of nitrogens with zero attached hydrogens (tertiary/aromatic N) is 4. The molecule has 0 saturated carbocycles. The summed E-state index contributed by atoms with van der Waals surface area (Å²) in [4.78, 5) is 31.0. The Bertz CT molecular complexity index is 990. The standard InChI is InChI=1S/C22H23N5O2/c1-16-2-4-17(5-3-16)21(28)25-19-8-12-26(13-9-19)22(29)18-14-24-27(15-18)20-6-10-23-11-7-20/h2-7,10-11,14-15,19H,8-9,12-13H2,1H3,(H,25,28). The van der Waals surface area contributed by atoms with E-state index in [-0.39, 0.29) is 17.9 Å². The van der Waals surface area contributed by atoms with Crippen LogP contribution in [0.2, 0.25) is 0 Å². The fraction of sp³-hybridized carbons (Fsp3) is 0.273. The minimum Gasteiger partial charge on any atom is -0.349 e. The molecule has 7 nitrogen and oxygen atoms in total. The lowest BCUT2D eigenvalue weighted by atomic mass is 10.0. The van der Waals surface area contributed by atoms with Gasteiger partial charge in [0.05, 0.1) is 17.4 Å². The van der Waals surface area contributed by atoms with Crippen LogP contribution in [0, 0.1) is 6.92 Å². The van der Waals surface area contributed by atoms with Gasteiger partial charge in [0.25, 0.3) is 11.8 Å². The Hall–Kier alpha value is -3.48. The number of hydrogen-bond acceptors (Lipinski definition) is 4. The molecule has 0 atom stereocenters. The van der Waals surface area contributed by atoms with Crippen molar-refractivity contribution in [3.8, 4) is 5.69 Å². The summed E-state index contributed by atoms with van der Waals surface area (Å²) in [5.74, 6) is -0.0954. The molecule has 3 aromatic rings. The van der Waals surface area contributed by atoms with E-state index in [0.29, 0.717) is 24.2 Å². The van der Waals surface area contributed by atoms with Crippen LogP contribution in [0.5, 0.6) is 0 Å². The molecule has 0 spiro atoms. The molecule has 1 aliphatic rings. The Labute approximate surface area is 169 Å². The summed E-state index contributed by atoms with van der Waals surface area (Å²) in [7, 11) is 0. The number of nitrogens with one attached hydrogen (secondary N) is 1. The molecule has 1 fully saturated rings. The molecule has 2 aromatic heterocycles. The number of amides is 2. The minimum atomic E-state index is -0.0617. The molecular weight excluding hydrogens is 366 g/mol. The van der Waals surface area contributed by atoms with E-state index in [4.69, 9.17) is 0 Å². The van der Waals surface area contributed by atoms with Crippen LogP contribution >= 0.6 is 0 Å². The Morgan fingerprint density at radius 2 is 1.69 bits per heavy atom. The maximum absolute atomic E-state index is 12.8. The van der Waals surface area contributed by atoms with E-state index in [9.17, 15) is 9.59 Å². The van der Waals surface area contributed by atoms with Crippen LogP contribution < -0.4 is 5.32 Å². The number of aryl methyl sites for hydroxylation is 1. The smallest absolute Gasteiger partial charge is 0.257 e. The quantitative estimate of drug-likeness (QED) is 0.744. The molecule has 148 valence electrons. The van der Waals surface area contributed by atoms with E-state index >= 15 is 0 Å². The van der Waals surface area contributed by atoms with Crippen molar-refractivity contribution in [2.24, 2.45) is 0 Å². The minimum absolute atomic E-state index is 0.0337. The van der Waals surface area contributed by atoms with Crippen molar-refractivity contribution in [3.05, 3.63) is 77.9 Å². The predicted octanol–water partition coefficient (Wildman–Crippen LogP) is 2.61. The summed E-state index contributed by atoms with van der Waals surface area (Å²) in [5, 5.41) is 7.36. The molecule has 1 aliphatic heterocycles. The van der Waals surface area contributed by atoms with E-state index in [1.165, 1.54) is 0 Å². The van der Waals surface area contributed by atoms with Crippen molar-refractivity contribution in [2.75, 3.05) is 13.1 Å². The lowest BCUT2D eigenvalue weighted by molar-refractivity contribution is 0.0698. The molecule has 29 heavy (non-hydrogen) atoms. The predicted molar refractivity (Wildman–Crippen MR) is 109 cm³/mol. The zero-order valence-electron chi connectivity index (χ0n) is 16.3. The summed E-state index contributed by atoms with van der Waals surface area (Å²) in [6.45, 7) is 3.21. The van der Waals surface area contributed by atoms with Gasteiger partial charge in [-0.1, -0.05) is 17.7 Å². The first-order valence-electron chi connectivity index (χ1n) is 9.72. The van der Waals surface area contributed by atoms with Gasteiger partial charge in [-0.2, -0.15) is 5.10 Å². The van der Waals surface area contributed by atoms with E-state index in [0.717, 1.165) is 24.1 Å². The average molecular weight is 389 g/mol. The van der Waals surface area contributed by atoms with Crippen LogP contribution in [-0.2, 0) is 0 Å². The van der Waals surface area contributed by atoms with Crippen LogP contribution in [0.1, 0.15) is 39.1 Å². The van der Waals surface area contributed by atoms with Gasteiger partial charge in [-0.15, -0.1) is 0 Å². The maximum atomic E-state index is 12.8. The summed E-state index contributed by atoms with van der Waals surface area (Å²) in [5.41, 5.74) is 3.21. The highest BCUT2D eigenvalue weighted by atomic mass is 16.2. The van der Waals surface area contributed by atoms with E-state index < -0.39 is 0 Å². The molecule has 2 amide bonds. The van der Waals surface area contributed by atoms with Gasteiger partial charge in [0.15, 0.2) is 0 Å². The van der Waals surface area contributed by atoms with Gasteiger partial charge in [0.1, 0.15) is 0 Å². The third-order valence-electron chi connectivity index (χ3n) is 5.19. The molecule has 1 saturated heterocycles. The topological polar surface area (TPSA) is 80.1 Å². The number of piperidine rings is 1. The van der Waals surface area contributed by atoms with Crippen molar-refractivity contribution in [2.45, 2.75) is 25.8 Å². The van der Waals surface area contributed by atoms with Crippen molar-refractivity contribution in [1.82, 2.24) is 25.0 Å². The Balaban J connectivity index is 1.32. The second-order valence-electron chi connectivity index (χ2n) is 7.28. The molecule has 1 aromatic carbocycles. The number of pyridine rings is 1. The van der Waals surface area contributed by atoms with Gasteiger partial charge in [-0.25, -0.2) is 4.68 Å². The van der Waals surface area contributed by atoms with Crippen molar-refractivity contribution < 1.29 is 9.59 Å². The van der Waals surface area contributed by atoms with Crippen LogP contribution in [0.3, 0.4) is 0 Å². The van der Waals surface area contributed by atoms with Crippen LogP contribution in [0.25, 0.3) is 5.69 Å². The third kappa shape index (κ3) is 4.34. The van der Waals surface area contributed by atoms with Crippen LogP contribution in [0.15, 0.2) is 61.2 Å². The first kappa shape index (κ1) is 18.9. The van der Waals surface area contributed by atoms with Crippen molar-refractivity contribution >= 4 is 11.8 Å². The normalized spacial score (nSPS) is 14.6. The Kier molecular flexibility index (Phi) is 5.37. The number of aromatic nitrogens is 3. The summed E-state index contributed by atoms with van der Waals surface area (Å²) in [6.07, 6.45) is 8.18. The van der Waals surface area contributed by atoms with Gasteiger partial charge >= 0.3 is 0 Å². The van der Waals surface area contributed by atoms with Gasteiger partial charge in [0, 0.05) is 43.3 Å². The highest BCUT2D eigenvalue weighted by Crippen LogP contribution is 2.16. The zero-order chi connectivity index (χ0) is 20.2. The fourth-order valence-corrected chi connectivity index (χ4v) is 3.45. The SMILES string of the molecule is Cc1ccc(C(=O)NC2CCN(C(=O)c3cnn(-c4ccncc4)c3)CC2)cc1. The van der Waals surface area contributed by atoms with Gasteiger partial charge in [-0.3, -0.25) is 14.6 Å². The Morgan fingerprint density at radius 3 is 2.38 bits per heavy atom. The van der Waals surface area contributed by atoms with Crippen molar-refractivity contribution in [3.63, 3.8) is 0 Å². The number of likely N-dealkylation sites (tertiary alicyclic amines) is 1. The van der Waals surface area contributed by atoms with E-state index in [2.05, 4.69) is 15.4 Å². The third-order valence-corrected chi connectivity index (χ3v) is 5.19. The molecule has 0 bridgehead atoms. The van der Waals surface area contributed by atoms with Gasteiger partial charge in [-0.05, 0) is 44.0 Å². The highest BCUT2D eigenvalue weighted by Gasteiger charge is 2.25. The van der Waals surface area contributed by atoms with Crippen LogP contribution in [0.4, 0.5) is 0 Å². The number of carbonyl (C=O) groups is 2. The molecule has 1 N–H and O–H groups in total. The second-order valence-corrected chi connectivity index (χ2v) is 7.28. The fourth-order valence-electron chi connectivity index (χ4n) is 3.45. The molecule has 7 heteroatoms. The average Bonchev–Trinajstić information content (AvgIpc) is 3.25. The number of rotatable bonds is 4. The summed E-state index contributed by atoms with van der Waals surface area (Å²) < 4.78 is 1.67. The van der Waals surface area contributed by atoms with Crippen LogP contribution in [-0.4, -0.2) is 50.6 Å². The summed E-state index contributed by atoms with van der Waals surface area (Å²) >= 11 is 0. The molecule has 0 unspecified atom stereocenters.